The molecular weight excluding hydrogens is 382 g/mol. The number of nitrogens with one attached hydrogen (secondary N) is 1. The molecule has 0 saturated carbocycles. The molecule has 0 amide bonds. The standard InChI is InChI=1S/C19H18BrN3O2/c1-11-18(17-8-6-13(20)10-21-17)25-19(22-11)23-16-4-2-3-12-5-7-14(24)9-15(12)16/h2-4,6,8,10,14,24H,5,7,9H2,1H3,(H,22,23). The summed E-state index contributed by atoms with van der Waals surface area (Å²) in [5.74, 6) is 0.653. The SMILES string of the molecule is Cc1nc(Nc2cccc3c2CC(O)CC3)oc1-c1ccc(Br)cn1. The minimum absolute atomic E-state index is 0.288. The number of aliphatic hydroxyl groups excluding tert-OH is 1. The number of anilines is 2. The molecular formula is C19H18BrN3O2. The van der Waals surface area contributed by atoms with Crippen LogP contribution in [0, 0.1) is 6.92 Å². The summed E-state index contributed by atoms with van der Waals surface area (Å²) >= 11 is 3.38. The second kappa shape index (κ2) is 6.61. The van der Waals surface area contributed by atoms with Gasteiger partial charge in [-0.2, -0.15) is 4.98 Å². The molecule has 3 aromatic rings. The molecule has 2 heterocycles. The zero-order chi connectivity index (χ0) is 17.4. The lowest BCUT2D eigenvalue weighted by Crippen LogP contribution is -2.19. The van der Waals surface area contributed by atoms with Crippen molar-refractivity contribution in [3.63, 3.8) is 0 Å². The molecule has 0 spiro atoms. The Bertz CT molecular complexity index is 906. The molecule has 0 saturated heterocycles. The molecule has 25 heavy (non-hydrogen) atoms. The van der Waals surface area contributed by atoms with Crippen LogP contribution in [0.5, 0.6) is 0 Å². The predicted molar refractivity (Wildman–Crippen MR) is 99.9 cm³/mol. The number of nitrogens with zero attached hydrogens (tertiary/aromatic N) is 2. The van der Waals surface area contributed by atoms with E-state index in [9.17, 15) is 5.11 Å². The number of hydrogen-bond acceptors (Lipinski definition) is 5. The van der Waals surface area contributed by atoms with Crippen LogP contribution in [0.1, 0.15) is 23.2 Å². The third-order valence-electron chi connectivity index (χ3n) is 4.46. The molecule has 1 aromatic carbocycles. The lowest BCUT2D eigenvalue weighted by Gasteiger charge is -2.23. The van der Waals surface area contributed by atoms with Crippen LogP contribution < -0.4 is 5.32 Å². The van der Waals surface area contributed by atoms with Crippen LogP contribution in [0.3, 0.4) is 0 Å². The van der Waals surface area contributed by atoms with E-state index in [1.165, 1.54) is 5.56 Å². The van der Waals surface area contributed by atoms with Crippen molar-refractivity contribution in [1.82, 2.24) is 9.97 Å². The van der Waals surface area contributed by atoms with Crippen LogP contribution in [0.15, 0.2) is 45.4 Å². The van der Waals surface area contributed by atoms with E-state index in [2.05, 4.69) is 37.3 Å². The second-order valence-electron chi connectivity index (χ2n) is 6.26. The Balaban J connectivity index is 1.64. The number of oxazole rings is 1. The Hall–Kier alpha value is -2.18. The summed E-state index contributed by atoms with van der Waals surface area (Å²) in [6.45, 7) is 1.90. The van der Waals surface area contributed by atoms with Crippen molar-refractivity contribution in [3.05, 3.63) is 57.8 Å². The molecule has 0 fully saturated rings. The topological polar surface area (TPSA) is 71.2 Å². The zero-order valence-corrected chi connectivity index (χ0v) is 15.4. The average molecular weight is 400 g/mol. The number of pyridine rings is 1. The first-order valence-corrected chi connectivity index (χ1v) is 9.04. The van der Waals surface area contributed by atoms with Gasteiger partial charge in [0.2, 0.25) is 0 Å². The van der Waals surface area contributed by atoms with Crippen molar-refractivity contribution >= 4 is 27.6 Å². The highest BCUT2D eigenvalue weighted by Gasteiger charge is 2.20. The Labute approximate surface area is 154 Å². The van der Waals surface area contributed by atoms with Crippen molar-refractivity contribution in [2.24, 2.45) is 0 Å². The number of rotatable bonds is 3. The Morgan fingerprint density at radius 3 is 2.96 bits per heavy atom. The van der Waals surface area contributed by atoms with Gasteiger partial charge in [-0.25, -0.2) is 0 Å². The van der Waals surface area contributed by atoms with E-state index in [-0.39, 0.29) is 6.10 Å². The van der Waals surface area contributed by atoms with Crippen molar-refractivity contribution in [1.29, 1.82) is 0 Å². The highest BCUT2D eigenvalue weighted by molar-refractivity contribution is 9.10. The van der Waals surface area contributed by atoms with E-state index in [0.29, 0.717) is 18.2 Å². The summed E-state index contributed by atoms with van der Waals surface area (Å²) in [4.78, 5) is 8.85. The Morgan fingerprint density at radius 1 is 1.28 bits per heavy atom. The molecule has 0 aliphatic heterocycles. The Kier molecular flexibility index (Phi) is 4.31. The molecule has 0 bridgehead atoms. The van der Waals surface area contributed by atoms with Crippen molar-refractivity contribution in [2.75, 3.05) is 5.32 Å². The van der Waals surface area contributed by atoms with Gasteiger partial charge in [-0.05, 0) is 65.0 Å². The van der Waals surface area contributed by atoms with E-state index in [1.54, 1.807) is 6.20 Å². The van der Waals surface area contributed by atoms with Crippen LogP contribution in [-0.2, 0) is 12.8 Å². The van der Waals surface area contributed by atoms with E-state index in [1.807, 2.05) is 31.2 Å². The fraction of sp³-hybridized carbons (Fsp3) is 0.263. The summed E-state index contributed by atoms with van der Waals surface area (Å²) in [5.41, 5.74) is 4.87. The molecule has 4 rings (SSSR count). The minimum atomic E-state index is -0.288. The van der Waals surface area contributed by atoms with Crippen LogP contribution >= 0.6 is 15.9 Å². The van der Waals surface area contributed by atoms with E-state index in [4.69, 9.17) is 4.42 Å². The molecule has 2 aromatic heterocycles. The number of hydrogen-bond donors (Lipinski definition) is 2. The molecule has 2 N–H and O–H groups in total. The highest BCUT2D eigenvalue weighted by Crippen LogP contribution is 2.32. The monoisotopic (exact) mass is 399 g/mol. The van der Waals surface area contributed by atoms with Crippen LogP contribution in [-0.4, -0.2) is 21.2 Å². The van der Waals surface area contributed by atoms with E-state index >= 15 is 0 Å². The molecule has 0 radical (unpaired) electrons. The van der Waals surface area contributed by atoms with Gasteiger partial charge in [0.1, 0.15) is 5.69 Å². The van der Waals surface area contributed by atoms with Gasteiger partial charge in [0.05, 0.1) is 11.8 Å². The predicted octanol–water partition coefficient (Wildman–Crippen LogP) is 4.40. The summed E-state index contributed by atoms with van der Waals surface area (Å²) in [6, 6.07) is 10.4. The molecule has 1 aliphatic carbocycles. The number of halogens is 1. The fourth-order valence-corrected chi connectivity index (χ4v) is 3.43. The average Bonchev–Trinajstić information content (AvgIpc) is 2.96. The van der Waals surface area contributed by atoms with Gasteiger partial charge in [-0.1, -0.05) is 12.1 Å². The second-order valence-corrected chi connectivity index (χ2v) is 7.18. The quantitative estimate of drug-likeness (QED) is 0.682. The first kappa shape index (κ1) is 16.3. The number of aromatic nitrogens is 2. The zero-order valence-electron chi connectivity index (χ0n) is 13.8. The smallest absolute Gasteiger partial charge is 0.300 e. The van der Waals surface area contributed by atoms with Crippen LogP contribution in [0.4, 0.5) is 11.7 Å². The minimum Gasteiger partial charge on any atom is -0.421 e. The van der Waals surface area contributed by atoms with Gasteiger partial charge in [-0.15, -0.1) is 0 Å². The summed E-state index contributed by atoms with van der Waals surface area (Å²) in [5, 5.41) is 13.3. The van der Waals surface area contributed by atoms with E-state index in [0.717, 1.165) is 40.0 Å². The van der Waals surface area contributed by atoms with Gasteiger partial charge in [-0.3, -0.25) is 4.98 Å². The lowest BCUT2D eigenvalue weighted by atomic mass is 9.88. The van der Waals surface area contributed by atoms with Gasteiger partial charge in [0.15, 0.2) is 5.76 Å². The molecule has 1 aliphatic rings. The first-order chi connectivity index (χ1) is 12.1. The third-order valence-corrected chi connectivity index (χ3v) is 4.93. The van der Waals surface area contributed by atoms with Crippen molar-refractivity contribution in [2.45, 2.75) is 32.3 Å². The normalized spacial score (nSPS) is 16.5. The molecule has 5 nitrogen and oxygen atoms in total. The first-order valence-electron chi connectivity index (χ1n) is 8.25. The maximum atomic E-state index is 9.99. The molecule has 1 unspecified atom stereocenters. The maximum absolute atomic E-state index is 9.99. The lowest BCUT2D eigenvalue weighted by molar-refractivity contribution is 0.159. The number of benzene rings is 1. The number of fused-ring (bicyclic) bond motifs is 1. The summed E-state index contributed by atoms with van der Waals surface area (Å²) in [6.07, 6.45) is 3.81. The van der Waals surface area contributed by atoms with Gasteiger partial charge >= 0.3 is 0 Å². The van der Waals surface area contributed by atoms with Crippen molar-refractivity contribution in [3.8, 4) is 11.5 Å². The third kappa shape index (κ3) is 3.32. The summed E-state index contributed by atoms with van der Waals surface area (Å²) in [7, 11) is 0. The number of aliphatic hydroxyl groups is 1. The molecule has 1 atom stereocenters. The molecule has 128 valence electrons. The van der Waals surface area contributed by atoms with Gasteiger partial charge < -0.3 is 14.8 Å². The number of aryl methyl sites for hydroxylation is 2. The highest BCUT2D eigenvalue weighted by atomic mass is 79.9. The van der Waals surface area contributed by atoms with E-state index < -0.39 is 0 Å². The largest absolute Gasteiger partial charge is 0.421 e. The molecule has 6 heteroatoms. The summed E-state index contributed by atoms with van der Waals surface area (Å²) < 4.78 is 6.82. The Morgan fingerprint density at radius 2 is 2.16 bits per heavy atom. The fourth-order valence-electron chi connectivity index (χ4n) is 3.20. The van der Waals surface area contributed by atoms with Crippen LogP contribution in [0.25, 0.3) is 11.5 Å². The van der Waals surface area contributed by atoms with Crippen molar-refractivity contribution < 1.29 is 9.52 Å². The van der Waals surface area contributed by atoms with Gasteiger partial charge in [0.25, 0.3) is 6.01 Å². The van der Waals surface area contributed by atoms with Gasteiger partial charge in [0, 0.05) is 22.8 Å². The van der Waals surface area contributed by atoms with Crippen LogP contribution in [0.2, 0.25) is 0 Å². The maximum Gasteiger partial charge on any atom is 0.300 e.